The van der Waals surface area contributed by atoms with Crippen LogP contribution in [0.1, 0.15) is 36.6 Å². The van der Waals surface area contributed by atoms with Crippen LogP contribution in [0.2, 0.25) is 0 Å². The Morgan fingerprint density at radius 2 is 1.86 bits per heavy atom. The van der Waals surface area contributed by atoms with Gasteiger partial charge in [0.25, 0.3) is 0 Å². The number of fused-ring (bicyclic) bond motifs is 4. The minimum atomic E-state index is -1.27. The van der Waals surface area contributed by atoms with Crippen LogP contribution in [-0.4, -0.2) is 24.3 Å². The molecule has 3 aromatic rings. The van der Waals surface area contributed by atoms with E-state index in [-0.39, 0.29) is 11.9 Å². The van der Waals surface area contributed by atoms with Gasteiger partial charge in [-0.3, -0.25) is 9.69 Å². The molecule has 2 N–H and O–H groups in total. The Morgan fingerprint density at radius 3 is 2.57 bits per heavy atom. The smallest absolute Gasteiger partial charge is 0.325 e. The third kappa shape index (κ3) is 3.87. The van der Waals surface area contributed by atoms with Gasteiger partial charge in [0.1, 0.15) is 17.4 Å². The van der Waals surface area contributed by atoms with Crippen molar-refractivity contribution >= 4 is 23.3 Å². The fourth-order valence-electron chi connectivity index (χ4n) is 5.14. The Morgan fingerprint density at radius 1 is 1.11 bits per heavy atom. The molecule has 2 aliphatic heterocycles. The number of nitrogens with one attached hydrogen (secondary N) is 2. The normalized spacial score (nSPS) is 22.5. The SMILES string of the molecule is CCOc1ccc(N2C(=O)N[C@H]3c4ccccc4O[C@@]2(C)[C@@H]3C(=O)Nc2ccc(C)cc2C)cc1. The highest BCUT2D eigenvalue weighted by molar-refractivity contribution is 6.01. The Balaban J connectivity index is 1.58. The van der Waals surface area contributed by atoms with E-state index in [0.717, 1.165) is 22.4 Å². The Bertz CT molecular complexity index is 1290. The fraction of sp³-hybridized carbons (Fsp3) is 0.286. The Kier molecular flexibility index (Phi) is 5.63. The Hall–Kier alpha value is -4.00. The number of carbonyl (C=O) groups is 2. The number of anilines is 2. The summed E-state index contributed by atoms with van der Waals surface area (Å²) in [4.78, 5) is 28.8. The third-order valence-corrected chi connectivity index (χ3v) is 6.74. The molecule has 180 valence electrons. The number of rotatable bonds is 5. The number of ether oxygens (including phenoxy) is 2. The lowest BCUT2D eigenvalue weighted by molar-refractivity contribution is -0.131. The van der Waals surface area contributed by atoms with Gasteiger partial charge in [0.05, 0.1) is 12.6 Å². The molecular weight excluding hydrogens is 442 g/mol. The molecular formula is C28H29N3O4. The first-order valence-electron chi connectivity index (χ1n) is 11.8. The number of urea groups is 1. The van der Waals surface area contributed by atoms with Crippen molar-refractivity contribution in [2.24, 2.45) is 5.92 Å². The van der Waals surface area contributed by atoms with Crippen LogP contribution in [0.4, 0.5) is 16.2 Å². The largest absolute Gasteiger partial charge is 0.494 e. The summed E-state index contributed by atoms with van der Waals surface area (Å²) in [5.74, 6) is 0.402. The first-order chi connectivity index (χ1) is 16.8. The zero-order valence-corrected chi connectivity index (χ0v) is 20.3. The molecule has 3 atom stereocenters. The maximum atomic E-state index is 13.9. The molecule has 0 radical (unpaired) electrons. The van der Waals surface area contributed by atoms with Crippen molar-refractivity contribution in [1.82, 2.24) is 5.32 Å². The van der Waals surface area contributed by atoms with Crippen LogP contribution in [0.25, 0.3) is 0 Å². The van der Waals surface area contributed by atoms with Gasteiger partial charge in [-0.1, -0.05) is 35.9 Å². The molecule has 0 aromatic heterocycles. The predicted octanol–water partition coefficient (Wildman–Crippen LogP) is 5.34. The summed E-state index contributed by atoms with van der Waals surface area (Å²) in [5.41, 5.74) is 2.95. The summed E-state index contributed by atoms with van der Waals surface area (Å²) in [7, 11) is 0. The maximum Gasteiger partial charge on any atom is 0.325 e. The van der Waals surface area contributed by atoms with Crippen molar-refractivity contribution in [2.45, 2.75) is 39.5 Å². The molecule has 0 aliphatic carbocycles. The van der Waals surface area contributed by atoms with E-state index in [2.05, 4.69) is 10.6 Å². The molecule has 0 unspecified atom stereocenters. The van der Waals surface area contributed by atoms with Gasteiger partial charge >= 0.3 is 6.03 Å². The van der Waals surface area contributed by atoms with E-state index in [4.69, 9.17) is 9.47 Å². The van der Waals surface area contributed by atoms with Crippen molar-refractivity contribution in [1.29, 1.82) is 0 Å². The summed E-state index contributed by atoms with van der Waals surface area (Å²) in [6.45, 7) is 8.24. The van der Waals surface area contributed by atoms with Crippen LogP contribution in [0.5, 0.6) is 11.5 Å². The van der Waals surface area contributed by atoms with Gasteiger partial charge in [0.2, 0.25) is 11.6 Å². The maximum absolute atomic E-state index is 13.9. The average Bonchev–Trinajstić information content (AvgIpc) is 2.81. The second-order valence-corrected chi connectivity index (χ2v) is 9.17. The number of carbonyl (C=O) groups excluding carboxylic acids is 2. The molecule has 0 saturated carbocycles. The van der Waals surface area contributed by atoms with Crippen molar-refractivity contribution in [3.05, 3.63) is 83.4 Å². The lowest BCUT2D eigenvalue weighted by atomic mass is 9.78. The molecule has 1 saturated heterocycles. The number of benzene rings is 3. The molecule has 1 fully saturated rings. The third-order valence-electron chi connectivity index (χ3n) is 6.74. The molecule has 2 heterocycles. The van der Waals surface area contributed by atoms with Crippen LogP contribution in [0.3, 0.4) is 0 Å². The summed E-state index contributed by atoms with van der Waals surface area (Å²) in [6, 6.07) is 19.8. The van der Waals surface area contributed by atoms with Crippen LogP contribution in [-0.2, 0) is 4.79 Å². The van der Waals surface area contributed by atoms with Crippen molar-refractivity contribution in [3.8, 4) is 11.5 Å². The first-order valence-corrected chi connectivity index (χ1v) is 11.8. The molecule has 0 spiro atoms. The number of nitrogens with zero attached hydrogens (tertiary/aromatic N) is 1. The summed E-state index contributed by atoms with van der Waals surface area (Å²) in [6.07, 6.45) is 0. The highest BCUT2D eigenvalue weighted by Crippen LogP contribution is 2.49. The van der Waals surface area contributed by atoms with E-state index < -0.39 is 17.7 Å². The van der Waals surface area contributed by atoms with Crippen molar-refractivity contribution < 1.29 is 19.1 Å². The standard InChI is InChI=1S/C28H29N3O4/c1-5-34-20-13-11-19(12-14-20)31-27(33)30-25-21-8-6-7-9-23(21)35-28(31,4)24(25)26(32)29-22-15-10-17(2)16-18(22)3/h6-16,24-25H,5H2,1-4H3,(H,29,32)(H,30,33)/t24-,25-,28-/m0/s1. The molecule has 2 aliphatic rings. The second-order valence-electron chi connectivity index (χ2n) is 9.17. The zero-order valence-electron chi connectivity index (χ0n) is 20.3. The van der Waals surface area contributed by atoms with Gasteiger partial charge in [0, 0.05) is 16.9 Å². The molecule has 5 rings (SSSR count). The number of hydrogen-bond donors (Lipinski definition) is 2. The predicted molar refractivity (Wildman–Crippen MR) is 135 cm³/mol. The van der Waals surface area contributed by atoms with E-state index in [1.807, 2.05) is 75.4 Å². The fourth-order valence-corrected chi connectivity index (χ4v) is 5.14. The molecule has 7 nitrogen and oxygen atoms in total. The van der Waals surface area contributed by atoms with E-state index >= 15 is 0 Å². The van der Waals surface area contributed by atoms with Crippen LogP contribution in [0, 0.1) is 19.8 Å². The van der Waals surface area contributed by atoms with Gasteiger partial charge < -0.3 is 20.1 Å². The number of hydrogen-bond acceptors (Lipinski definition) is 4. The minimum Gasteiger partial charge on any atom is -0.494 e. The van der Waals surface area contributed by atoms with Crippen molar-refractivity contribution in [3.63, 3.8) is 0 Å². The molecule has 3 aromatic carbocycles. The molecule has 7 heteroatoms. The average molecular weight is 472 g/mol. The number of aryl methyl sites for hydroxylation is 2. The number of amides is 3. The minimum absolute atomic E-state index is 0.227. The van der Waals surface area contributed by atoms with Crippen LogP contribution in [0.15, 0.2) is 66.7 Å². The lowest BCUT2D eigenvalue weighted by Crippen LogP contribution is -2.72. The van der Waals surface area contributed by atoms with Gasteiger partial charge in [-0.2, -0.15) is 0 Å². The van der Waals surface area contributed by atoms with Crippen molar-refractivity contribution in [2.75, 3.05) is 16.8 Å². The summed E-state index contributed by atoms with van der Waals surface area (Å²) in [5, 5.41) is 6.16. The van der Waals surface area contributed by atoms with Crippen LogP contribution >= 0.6 is 0 Å². The summed E-state index contributed by atoms with van der Waals surface area (Å²) < 4.78 is 12.1. The molecule has 3 amide bonds. The van der Waals surface area contributed by atoms with E-state index in [1.165, 1.54) is 4.90 Å². The molecule has 2 bridgehead atoms. The first kappa shape index (κ1) is 22.8. The highest BCUT2D eigenvalue weighted by Gasteiger charge is 2.60. The van der Waals surface area contributed by atoms with Crippen LogP contribution < -0.4 is 25.0 Å². The Labute approximate surface area is 205 Å². The topological polar surface area (TPSA) is 79.9 Å². The summed E-state index contributed by atoms with van der Waals surface area (Å²) >= 11 is 0. The van der Waals surface area contributed by atoms with Gasteiger partial charge in [-0.25, -0.2) is 4.79 Å². The highest BCUT2D eigenvalue weighted by atomic mass is 16.5. The van der Waals surface area contributed by atoms with E-state index in [9.17, 15) is 9.59 Å². The number of para-hydroxylation sites is 1. The lowest BCUT2D eigenvalue weighted by Gasteiger charge is -2.54. The second kappa shape index (κ2) is 8.65. The van der Waals surface area contributed by atoms with E-state index in [0.29, 0.717) is 23.8 Å². The van der Waals surface area contributed by atoms with Gasteiger partial charge in [-0.15, -0.1) is 0 Å². The van der Waals surface area contributed by atoms with Gasteiger partial charge in [0.15, 0.2) is 0 Å². The quantitative estimate of drug-likeness (QED) is 0.527. The zero-order chi connectivity index (χ0) is 24.7. The monoisotopic (exact) mass is 471 g/mol. The van der Waals surface area contributed by atoms with E-state index in [1.54, 1.807) is 19.1 Å². The van der Waals surface area contributed by atoms with Gasteiger partial charge in [-0.05, 0) is 69.7 Å². The molecule has 35 heavy (non-hydrogen) atoms.